The summed E-state index contributed by atoms with van der Waals surface area (Å²) in [7, 11) is 1.64. The molecule has 1 saturated heterocycles. The van der Waals surface area contributed by atoms with Crippen molar-refractivity contribution >= 4 is 45.4 Å². The van der Waals surface area contributed by atoms with Gasteiger partial charge < -0.3 is 24.3 Å². The molecule has 0 saturated carbocycles. The molecule has 1 fully saturated rings. The van der Waals surface area contributed by atoms with Gasteiger partial charge in [0.15, 0.2) is 5.11 Å². The van der Waals surface area contributed by atoms with Gasteiger partial charge >= 0.3 is 0 Å². The summed E-state index contributed by atoms with van der Waals surface area (Å²) in [6.45, 7) is 0.903. The van der Waals surface area contributed by atoms with Crippen LogP contribution in [0.5, 0.6) is 5.75 Å². The highest BCUT2D eigenvalue weighted by Crippen LogP contribution is 2.43. The van der Waals surface area contributed by atoms with E-state index in [-0.39, 0.29) is 12.1 Å². The number of hydrogen-bond donors (Lipinski definition) is 1. The van der Waals surface area contributed by atoms with Crippen molar-refractivity contribution in [3.05, 3.63) is 120 Å². The smallest absolute Gasteiger partial charge is 0.174 e. The lowest BCUT2D eigenvalue weighted by atomic mass is 10.0. The van der Waals surface area contributed by atoms with Crippen LogP contribution in [-0.4, -0.2) is 35.0 Å². The summed E-state index contributed by atoms with van der Waals surface area (Å²) in [4.78, 5) is 6.80. The Morgan fingerprint density at radius 3 is 2.51 bits per heavy atom. The van der Waals surface area contributed by atoms with Crippen molar-refractivity contribution in [1.29, 1.82) is 0 Å². The van der Waals surface area contributed by atoms with Crippen molar-refractivity contribution in [1.82, 2.24) is 14.9 Å². The normalized spacial score (nSPS) is 17.0. The maximum Gasteiger partial charge on any atom is 0.174 e. The molecule has 1 N–H and O–H groups in total. The number of halogens is 1. The molecule has 0 radical (unpaired) electrons. The highest BCUT2D eigenvalue weighted by Gasteiger charge is 2.42. The summed E-state index contributed by atoms with van der Waals surface area (Å²) in [5, 5.41) is 7.03. The lowest BCUT2D eigenvalue weighted by Gasteiger charge is -2.29. The molecule has 2 aromatic heterocycles. The Morgan fingerprint density at radius 1 is 0.897 bits per heavy atom. The van der Waals surface area contributed by atoms with Gasteiger partial charge in [-0.2, -0.15) is 0 Å². The molecule has 5 aromatic rings. The number of methoxy groups -OCH3 is 1. The quantitative estimate of drug-likeness (QED) is 0.167. The molecular formula is C31H27ClN4O2S. The summed E-state index contributed by atoms with van der Waals surface area (Å²) >= 11 is 12.6. The summed E-state index contributed by atoms with van der Waals surface area (Å²) < 4.78 is 13.1. The van der Waals surface area contributed by atoms with Gasteiger partial charge in [0.05, 0.1) is 23.4 Å². The van der Waals surface area contributed by atoms with E-state index < -0.39 is 0 Å². The van der Waals surface area contributed by atoms with E-state index in [1.165, 1.54) is 10.8 Å². The molecule has 2 atom stereocenters. The topological polar surface area (TPSA) is 51.6 Å². The Balaban J connectivity index is 1.44. The number of fused-ring (bicyclic) bond motifs is 1. The molecule has 3 heterocycles. The molecule has 8 heteroatoms. The first-order valence-corrected chi connectivity index (χ1v) is 13.5. The van der Waals surface area contributed by atoms with Crippen LogP contribution in [0.25, 0.3) is 16.5 Å². The van der Waals surface area contributed by atoms with Gasteiger partial charge in [0.25, 0.3) is 0 Å². The van der Waals surface area contributed by atoms with Crippen LogP contribution in [-0.2, 0) is 4.74 Å². The number of nitrogens with zero attached hydrogens (tertiary/aromatic N) is 3. The lowest BCUT2D eigenvalue weighted by molar-refractivity contribution is 0.146. The van der Waals surface area contributed by atoms with E-state index in [0.717, 1.165) is 22.8 Å². The third-order valence-corrected chi connectivity index (χ3v) is 7.54. The Kier molecular flexibility index (Phi) is 7.20. The van der Waals surface area contributed by atoms with Gasteiger partial charge in [-0.1, -0.05) is 48.0 Å². The van der Waals surface area contributed by atoms with E-state index in [1.807, 2.05) is 42.6 Å². The second-order valence-corrected chi connectivity index (χ2v) is 10.1. The molecule has 6 rings (SSSR count). The number of hydrogen-bond acceptors (Lipinski definition) is 4. The van der Waals surface area contributed by atoms with E-state index >= 15 is 0 Å². The van der Waals surface area contributed by atoms with Crippen molar-refractivity contribution in [2.45, 2.75) is 12.1 Å². The van der Waals surface area contributed by atoms with Gasteiger partial charge in [-0.25, -0.2) is 0 Å². The Hall–Kier alpha value is -3.91. The molecule has 0 bridgehead atoms. The number of aromatic nitrogens is 2. The number of thiocarbonyl (C=S) groups is 1. The summed E-state index contributed by atoms with van der Waals surface area (Å²) in [6.07, 6.45) is 3.90. The van der Waals surface area contributed by atoms with E-state index in [4.69, 9.17) is 33.3 Å². The molecule has 1 aliphatic rings. The van der Waals surface area contributed by atoms with Gasteiger partial charge in [0, 0.05) is 36.6 Å². The van der Waals surface area contributed by atoms with Crippen LogP contribution >= 0.6 is 23.8 Å². The van der Waals surface area contributed by atoms with Crippen molar-refractivity contribution in [3.8, 4) is 11.4 Å². The van der Waals surface area contributed by atoms with Gasteiger partial charge in [-0.05, 0) is 77.6 Å². The van der Waals surface area contributed by atoms with Crippen molar-refractivity contribution in [2.24, 2.45) is 0 Å². The van der Waals surface area contributed by atoms with Crippen LogP contribution in [0.15, 0.2) is 103 Å². The molecule has 6 nitrogen and oxygen atoms in total. The second-order valence-electron chi connectivity index (χ2n) is 9.29. The van der Waals surface area contributed by atoms with Crippen LogP contribution in [0.2, 0.25) is 5.02 Å². The third kappa shape index (κ3) is 4.96. The highest BCUT2D eigenvalue weighted by atomic mass is 35.5. The van der Waals surface area contributed by atoms with Crippen molar-refractivity contribution in [2.75, 3.05) is 25.2 Å². The standard InChI is InChI=1S/C31H27ClN4O2S/c1-37-17-18-38-28-14-13-24(20-25(28)32)36-30(29(34-31(36)39)26-9-4-5-15-33-26)27-10-6-16-35(27)23-12-11-21-7-2-3-8-22(21)19-23/h2-16,19-20,29-30H,17-18H2,1H3,(H,34,39)/t29-,30+/m1/s1. The zero-order valence-corrected chi connectivity index (χ0v) is 22.9. The van der Waals surface area contributed by atoms with Gasteiger partial charge in [-0.3, -0.25) is 4.98 Å². The molecular weight excluding hydrogens is 528 g/mol. The zero-order chi connectivity index (χ0) is 26.8. The van der Waals surface area contributed by atoms with Crippen molar-refractivity contribution < 1.29 is 9.47 Å². The molecule has 0 unspecified atom stereocenters. The van der Waals surface area contributed by atoms with Gasteiger partial charge in [0.2, 0.25) is 0 Å². The maximum atomic E-state index is 6.67. The fourth-order valence-corrected chi connectivity index (χ4v) is 5.70. The van der Waals surface area contributed by atoms with Crippen LogP contribution in [0.1, 0.15) is 23.5 Å². The number of ether oxygens (including phenoxy) is 2. The molecule has 1 aliphatic heterocycles. The van der Waals surface area contributed by atoms with Crippen LogP contribution < -0.4 is 15.0 Å². The first-order chi connectivity index (χ1) is 19.1. The molecule has 0 aliphatic carbocycles. The van der Waals surface area contributed by atoms with Crippen LogP contribution in [0, 0.1) is 0 Å². The molecule has 0 spiro atoms. The predicted molar refractivity (Wildman–Crippen MR) is 160 cm³/mol. The summed E-state index contributed by atoms with van der Waals surface area (Å²) in [5.41, 5.74) is 3.92. The highest BCUT2D eigenvalue weighted by molar-refractivity contribution is 7.80. The van der Waals surface area contributed by atoms with E-state index in [1.54, 1.807) is 7.11 Å². The van der Waals surface area contributed by atoms with Gasteiger partial charge in [0.1, 0.15) is 18.4 Å². The number of pyridine rings is 1. The third-order valence-electron chi connectivity index (χ3n) is 6.93. The lowest BCUT2D eigenvalue weighted by Crippen LogP contribution is -2.30. The largest absolute Gasteiger partial charge is 0.490 e. The van der Waals surface area contributed by atoms with Gasteiger partial charge in [-0.15, -0.1) is 0 Å². The molecule has 196 valence electrons. The van der Waals surface area contributed by atoms with Crippen LogP contribution in [0.3, 0.4) is 0 Å². The minimum atomic E-state index is -0.190. The second kappa shape index (κ2) is 11.1. The molecule has 3 aromatic carbocycles. The Morgan fingerprint density at radius 2 is 1.72 bits per heavy atom. The number of rotatable bonds is 8. The average Bonchev–Trinajstić information content (AvgIpc) is 3.58. The first-order valence-electron chi connectivity index (χ1n) is 12.7. The van der Waals surface area contributed by atoms with E-state index in [9.17, 15) is 0 Å². The first kappa shape index (κ1) is 25.4. The van der Waals surface area contributed by atoms with Crippen LogP contribution in [0.4, 0.5) is 5.69 Å². The minimum absolute atomic E-state index is 0.177. The fraction of sp³-hybridized carbons (Fsp3) is 0.161. The minimum Gasteiger partial charge on any atom is -0.490 e. The number of nitrogens with one attached hydrogen (secondary N) is 1. The monoisotopic (exact) mass is 554 g/mol. The van der Waals surface area contributed by atoms with E-state index in [0.29, 0.717) is 29.1 Å². The Labute approximate surface area is 237 Å². The molecule has 0 amide bonds. The number of benzene rings is 3. The summed E-state index contributed by atoms with van der Waals surface area (Å²) in [5.74, 6) is 0.605. The molecule has 39 heavy (non-hydrogen) atoms. The van der Waals surface area contributed by atoms with E-state index in [2.05, 4.69) is 80.6 Å². The predicted octanol–water partition coefficient (Wildman–Crippen LogP) is 6.88. The van der Waals surface area contributed by atoms with Crippen molar-refractivity contribution in [3.63, 3.8) is 0 Å². The fourth-order valence-electron chi connectivity index (χ4n) is 5.12. The Bertz CT molecular complexity index is 1620. The summed E-state index contributed by atoms with van der Waals surface area (Å²) in [6, 6.07) is 30.4. The SMILES string of the molecule is COCCOc1ccc(N2C(=S)N[C@H](c3ccccn3)[C@@H]2c2cccn2-c2ccc3ccccc3c2)cc1Cl. The average molecular weight is 555 g/mol. The number of anilines is 1. The zero-order valence-electron chi connectivity index (χ0n) is 21.3. The maximum absolute atomic E-state index is 6.67.